The standard InChI is InChI=1S/C11H11FN2O2S/c12-11-6-9(7-13)2-3-10(11)8-14-4-1-5-17(14,15)16/h2-3,6H,1,4-5,8H2. The van der Waals surface area contributed by atoms with Crippen molar-refractivity contribution in [2.75, 3.05) is 12.3 Å². The van der Waals surface area contributed by atoms with Crippen molar-refractivity contribution in [3.8, 4) is 6.07 Å². The van der Waals surface area contributed by atoms with Gasteiger partial charge in [0.15, 0.2) is 0 Å². The minimum atomic E-state index is -3.22. The topological polar surface area (TPSA) is 61.2 Å². The number of nitrogens with zero attached hydrogens (tertiary/aromatic N) is 2. The summed E-state index contributed by atoms with van der Waals surface area (Å²) in [5, 5.41) is 8.60. The van der Waals surface area contributed by atoms with Crippen molar-refractivity contribution in [2.45, 2.75) is 13.0 Å². The molecule has 1 aliphatic rings. The van der Waals surface area contributed by atoms with Crippen molar-refractivity contribution in [1.29, 1.82) is 5.26 Å². The van der Waals surface area contributed by atoms with Crippen LogP contribution in [0.2, 0.25) is 0 Å². The lowest BCUT2D eigenvalue weighted by Crippen LogP contribution is -2.25. The summed E-state index contributed by atoms with van der Waals surface area (Å²) >= 11 is 0. The summed E-state index contributed by atoms with van der Waals surface area (Å²) in [5.41, 5.74) is 0.532. The van der Waals surface area contributed by atoms with E-state index < -0.39 is 15.8 Å². The molecule has 0 N–H and O–H groups in total. The number of hydrogen-bond donors (Lipinski definition) is 0. The van der Waals surface area contributed by atoms with Crippen LogP contribution in [0.25, 0.3) is 0 Å². The highest BCUT2D eigenvalue weighted by Gasteiger charge is 2.28. The fourth-order valence-corrected chi connectivity index (χ4v) is 3.30. The first kappa shape index (κ1) is 12.0. The van der Waals surface area contributed by atoms with Gasteiger partial charge in [0.2, 0.25) is 10.0 Å². The molecule has 17 heavy (non-hydrogen) atoms. The van der Waals surface area contributed by atoms with Crippen molar-refractivity contribution in [1.82, 2.24) is 4.31 Å². The fourth-order valence-electron chi connectivity index (χ4n) is 1.80. The summed E-state index contributed by atoms with van der Waals surface area (Å²) in [6.07, 6.45) is 0.584. The molecule has 0 saturated carbocycles. The van der Waals surface area contributed by atoms with Gasteiger partial charge in [-0.25, -0.2) is 12.8 Å². The van der Waals surface area contributed by atoms with Crippen LogP contribution in [0, 0.1) is 17.1 Å². The average Bonchev–Trinajstić information content (AvgIpc) is 2.61. The van der Waals surface area contributed by atoms with Gasteiger partial charge in [0.05, 0.1) is 17.4 Å². The smallest absolute Gasteiger partial charge is 0.212 e. The molecule has 4 nitrogen and oxygen atoms in total. The number of sulfonamides is 1. The molecule has 0 unspecified atom stereocenters. The van der Waals surface area contributed by atoms with Crippen LogP contribution < -0.4 is 0 Å². The zero-order valence-electron chi connectivity index (χ0n) is 9.06. The summed E-state index contributed by atoms with van der Waals surface area (Å²) < 4.78 is 37.9. The molecule has 1 aliphatic heterocycles. The van der Waals surface area contributed by atoms with Gasteiger partial charge in [-0.3, -0.25) is 0 Å². The lowest BCUT2D eigenvalue weighted by Gasteiger charge is -2.14. The maximum absolute atomic E-state index is 13.6. The molecule has 0 spiro atoms. The van der Waals surface area contributed by atoms with E-state index in [0.29, 0.717) is 18.5 Å². The summed E-state index contributed by atoms with van der Waals surface area (Å²) in [6, 6.07) is 5.90. The lowest BCUT2D eigenvalue weighted by molar-refractivity contribution is 0.430. The summed E-state index contributed by atoms with van der Waals surface area (Å²) in [7, 11) is -3.22. The maximum atomic E-state index is 13.6. The quantitative estimate of drug-likeness (QED) is 0.797. The van der Waals surface area contributed by atoms with Gasteiger partial charge >= 0.3 is 0 Å². The number of halogens is 1. The van der Waals surface area contributed by atoms with Gasteiger partial charge in [-0.2, -0.15) is 9.57 Å². The van der Waals surface area contributed by atoms with Crippen molar-refractivity contribution in [3.05, 3.63) is 35.1 Å². The molecule has 1 heterocycles. The molecule has 0 aromatic heterocycles. The Morgan fingerprint density at radius 1 is 1.47 bits per heavy atom. The molecule has 0 aliphatic carbocycles. The monoisotopic (exact) mass is 254 g/mol. The Labute approximate surface area is 99.3 Å². The van der Waals surface area contributed by atoms with Gasteiger partial charge in [0, 0.05) is 18.7 Å². The number of nitriles is 1. The van der Waals surface area contributed by atoms with Crippen LogP contribution in [0.5, 0.6) is 0 Å². The van der Waals surface area contributed by atoms with E-state index in [9.17, 15) is 12.8 Å². The summed E-state index contributed by atoms with van der Waals surface area (Å²) in [6.45, 7) is 0.474. The summed E-state index contributed by atoms with van der Waals surface area (Å²) in [4.78, 5) is 0. The fraction of sp³-hybridized carbons (Fsp3) is 0.364. The van der Waals surface area contributed by atoms with Crippen LogP contribution in [0.1, 0.15) is 17.5 Å². The lowest BCUT2D eigenvalue weighted by atomic mass is 10.1. The molecule has 0 amide bonds. The van der Waals surface area contributed by atoms with E-state index in [1.54, 1.807) is 0 Å². The molecular weight excluding hydrogens is 243 g/mol. The molecule has 0 bridgehead atoms. The highest BCUT2D eigenvalue weighted by atomic mass is 32.2. The van der Waals surface area contributed by atoms with E-state index in [4.69, 9.17) is 5.26 Å². The Morgan fingerprint density at radius 3 is 2.76 bits per heavy atom. The zero-order valence-corrected chi connectivity index (χ0v) is 9.87. The molecule has 90 valence electrons. The maximum Gasteiger partial charge on any atom is 0.214 e. The first-order valence-corrected chi connectivity index (χ1v) is 6.80. The Kier molecular flexibility index (Phi) is 3.13. The molecule has 2 rings (SSSR count). The van der Waals surface area contributed by atoms with Gasteiger partial charge in [-0.1, -0.05) is 6.07 Å². The highest BCUT2D eigenvalue weighted by molar-refractivity contribution is 7.89. The largest absolute Gasteiger partial charge is 0.214 e. The third-order valence-electron chi connectivity index (χ3n) is 2.73. The normalized spacial score (nSPS) is 19.1. The molecule has 0 radical (unpaired) electrons. The number of benzene rings is 1. The van der Waals surface area contributed by atoms with Crippen LogP contribution in [-0.4, -0.2) is 25.0 Å². The van der Waals surface area contributed by atoms with Gasteiger partial charge < -0.3 is 0 Å². The van der Waals surface area contributed by atoms with Crippen molar-refractivity contribution in [2.24, 2.45) is 0 Å². The molecule has 1 fully saturated rings. The van der Waals surface area contributed by atoms with E-state index in [-0.39, 0.29) is 17.9 Å². The first-order valence-electron chi connectivity index (χ1n) is 5.19. The van der Waals surface area contributed by atoms with Gasteiger partial charge in [-0.15, -0.1) is 0 Å². The van der Waals surface area contributed by atoms with Crippen molar-refractivity contribution in [3.63, 3.8) is 0 Å². The predicted molar refractivity (Wildman–Crippen MR) is 59.9 cm³/mol. The third-order valence-corrected chi connectivity index (χ3v) is 4.64. The Balaban J connectivity index is 2.23. The minimum Gasteiger partial charge on any atom is -0.212 e. The van der Waals surface area contributed by atoms with Crippen LogP contribution in [-0.2, 0) is 16.6 Å². The second-order valence-corrected chi connectivity index (χ2v) is 6.01. The van der Waals surface area contributed by atoms with E-state index in [0.717, 1.165) is 6.07 Å². The Bertz CT molecular complexity index is 578. The number of rotatable bonds is 2. The van der Waals surface area contributed by atoms with E-state index in [1.165, 1.54) is 16.4 Å². The van der Waals surface area contributed by atoms with Crippen LogP contribution in [0.15, 0.2) is 18.2 Å². The van der Waals surface area contributed by atoms with Gasteiger partial charge in [0.1, 0.15) is 5.82 Å². The minimum absolute atomic E-state index is 0.0415. The molecular formula is C11H11FN2O2S. The first-order chi connectivity index (χ1) is 8.03. The van der Waals surface area contributed by atoms with Gasteiger partial charge in [-0.05, 0) is 18.6 Å². The highest BCUT2D eigenvalue weighted by Crippen LogP contribution is 2.19. The van der Waals surface area contributed by atoms with Crippen molar-refractivity contribution >= 4 is 10.0 Å². The Morgan fingerprint density at radius 2 is 2.24 bits per heavy atom. The molecule has 1 aromatic rings. The Hall–Kier alpha value is -1.45. The van der Waals surface area contributed by atoms with Crippen LogP contribution in [0.3, 0.4) is 0 Å². The van der Waals surface area contributed by atoms with Crippen molar-refractivity contribution < 1.29 is 12.8 Å². The van der Waals surface area contributed by atoms with Crippen LogP contribution >= 0.6 is 0 Å². The SMILES string of the molecule is N#Cc1ccc(CN2CCCS2(=O)=O)c(F)c1. The third kappa shape index (κ3) is 2.46. The molecule has 1 aromatic carbocycles. The average molecular weight is 254 g/mol. The number of hydrogen-bond acceptors (Lipinski definition) is 3. The molecule has 0 atom stereocenters. The second kappa shape index (κ2) is 4.43. The zero-order chi connectivity index (χ0) is 12.5. The second-order valence-electron chi connectivity index (χ2n) is 3.92. The van der Waals surface area contributed by atoms with E-state index in [1.807, 2.05) is 6.07 Å². The van der Waals surface area contributed by atoms with Crippen LogP contribution in [0.4, 0.5) is 4.39 Å². The van der Waals surface area contributed by atoms with E-state index >= 15 is 0 Å². The van der Waals surface area contributed by atoms with Gasteiger partial charge in [0.25, 0.3) is 0 Å². The molecule has 1 saturated heterocycles. The predicted octanol–water partition coefficient (Wildman–Crippen LogP) is 1.23. The van der Waals surface area contributed by atoms with E-state index in [2.05, 4.69) is 0 Å². The molecule has 6 heteroatoms. The summed E-state index contributed by atoms with van der Waals surface area (Å²) in [5.74, 6) is -0.406.